The van der Waals surface area contributed by atoms with Crippen molar-refractivity contribution in [1.82, 2.24) is 10.2 Å². The molecule has 2 atom stereocenters. The van der Waals surface area contributed by atoms with Gasteiger partial charge in [0.1, 0.15) is 0 Å². The van der Waals surface area contributed by atoms with Crippen molar-refractivity contribution in [2.45, 2.75) is 45.8 Å². The zero-order chi connectivity index (χ0) is 15.1. The topological polar surface area (TPSA) is 24.5 Å². The largest absolute Gasteiger partial charge is 0.383 e. The van der Waals surface area contributed by atoms with Crippen LogP contribution in [0, 0.1) is 6.92 Å². The molecule has 0 radical (unpaired) electrons. The van der Waals surface area contributed by atoms with Gasteiger partial charge in [-0.3, -0.25) is 4.90 Å². The Balaban J connectivity index is 2.87. The van der Waals surface area contributed by atoms with Crippen molar-refractivity contribution in [3.8, 4) is 0 Å². The lowest BCUT2D eigenvalue weighted by Crippen LogP contribution is -2.47. The summed E-state index contributed by atoms with van der Waals surface area (Å²) < 4.78 is 5.25. The Morgan fingerprint density at radius 3 is 2.20 bits per heavy atom. The Bertz CT molecular complexity index is 375. The average molecular weight is 278 g/mol. The van der Waals surface area contributed by atoms with E-state index in [4.69, 9.17) is 4.74 Å². The molecule has 3 nitrogen and oxygen atoms in total. The number of methoxy groups -OCH3 is 1. The highest BCUT2D eigenvalue weighted by molar-refractivity contribution is 5.25. The number of hydrogen-bond donors (Lipinski definition) is 1. The normalized spacial score (nSPS) is 14.8. The van der Waals surface area contributed by atoms with E-state index in [1.54, 1.807) is 7.11 Å². The molecule has 0 aliphatic heterocycles. The SMILES string of the molecule is CNC(c1ccc(C)cc1)C(C)N(CCOC)C(C)C. The zero-order valence-corrected chi connectivity index (χ0v) is 13.8. The third-order valence-electron chi connectivity index (χ3n) is 3.97. The fourth-order valence-electron chi connectivity index (χ4n) is 2.78. The van der Waals surface area contributed by atoms with Crippen molar-refractivity contribution >= 4 is 0 Å². The summed E-state index contributed by atoms with van der Waals surface area (Å²) in [6.07, 6.45) is 0. The van der Waals surface area contributed by atoms with Gasteiger partial charge in [0.15, 0.2) is 0 Å². The van der Waals surface area contributed by atoms with Crippen molar-refractivity contribution in [1.29, 1.82) is 0 Å². The number of nitrogens with one attached hydrogen (secondary N) is 1. The maximum atomic E-state index is 5.25. The van der Waals surface area contributed by atoms with Crippen LogP contribution < -0.4 is 5.32 Å². The number of nitrogens with zero attached hydrogens (tertiary/aromatic N) is 1. The van der Waals surface area contributed by atoms with E-state index in [0.29, 0.717) is 18.1 Å². The van der Waals surface area contributed by atoms with Gasteiger partial charge in [0.2, 0.25) is 0 Å². The number of benzene rings is 1. The van der Waals surface area contributed by atoms with E-state index >= 15 is 0 Å². The summed E-state index contributed by atoms with van der Waals surface area (Å²) in [6, 6.07) is 10.1. The lowest BCUT2D eigenvalue weighted by Gasteiger charge is -2.37. The summed E-state index contributed by atoms with van der Waals surface area (Å²) in [5.74, 6) is 0. The van der Waals surface area contributed by atoms with Crippen LogP contribution in [0.4, 0.5) is 0 Å². The maximum absolute atomic E-state index is 5.25. The maximum Gasteiger partial charge on any atom is 0.0589 e. The van der Waals surface area contributed by atoms with Gasteiger partial charge in [0, 0.05) is 31.8 Å². The van der Waals surface area contributed by atoms with Crippen molar-refractivity contribution in [3.63, 3.8) is 0 Å². The third kappa shape index (κ3) is 4.58. The summed E-state index contributed by atoms with van der Waals surface area (Å²) in [5.41, 5.74) is 2.64. The van der Waals surface area contributed by atoms with Crippen LogP contribution in [0.2, 0.25) is 0 Å². The first kappa shape index (κ1) is 17.2. The minimum atomic E-state index is 0.329. The number of rotatable bonds is 8. The molecule has 0 aromatic heterocycles. The van der Waals surface area contributed by atoms with E-state index < -0.39 is 0 Å². The fourth-order valence-corrected chi connectivity index (χ4v) is 2.78. The third-order valence-corrected chi connectivity index (χ3v) is 3.97. The van der Waals surface area contributed by atoms with E-state index in [1.165, 1.54) is 11.1 Å². The van der Waals surface area contributed by atoms with Gasteiger partial charge < -0.3 is 10.1 Å². The van der Waals surface area contributed by atoms with Crippen molar-refractivity contribution in [2.75, 3.05) is 27.3 Å². The molecule has 0 saturated carbocycles. The first-order chi connectivity index (χ1) is 9.51. The van der Waals surface area contributed by atoms with E-state index in [9.17, 15) is 0 Å². The first-order valence-corrected chi connectivity index (χ1v) is 7.49. The second-order valence-electron chi connectivity index (χ2n) is 5.74. The Morgan fingerprint density at radius 1 is 1.15 bits per heavy atom. The number of hydrogen-bond acceptors (Lipinski definition) is 3. The van der Waals surface area contributed by atoms with E-state index in [1.807, 2.05) is 7.05 Å². The van der Waals surface area contributed by atoms with Crippen molar-refractivity contribution in [2.24, 2.45) is 0 Å². The summed E-state index contributed by atoms with van der Waals surface area (Å²) in [7, 11) is 3.80. The molecule has 0 amide bonds. The second kappa shape index (κ2) is 8.40. The second-order valence-corrected chi connectivity index (χ2v) is 5.74. The summed E-state index contributed by atoms with van der Waals surface area (Å²) >= 11 is 0. The fraction of sp³-hybridized carbons (Fsp3) is 0.647. The lowest BCUT2D eigenvalue weighted by atomic mass is 9.97. The van der Waals surface area contributed by atoms with Gasteiger partial charge in [-0.15, -0.1) is 0 Å². The molecular formula is C17H30N2O. The summed E-state index contributed by atoms with van der Waals surface area (Å²) in [5, 5.41) is 3.47. The van der Waals surface area contributed by atoms with E-state index in [-0.39, 0.29) is 0 Å². The summed E-state index contributed by atoms with van der Waals surface area (Å²) in [4.78, 5) is 2.49. The highest BCUT2D eigenvalue weighted by Gasteiger charge is 2.25. The van der Waals surface area contributed by atoms with Crippen LogP contribution in [0.3, 0.4) is 0 Å². The van der Waals surface area contributed by atoms with Crippen LogP contribution in [-0.2, 0) is 4.74 Å². The van der Waals surface area contributed by atoms with Crippen LogP contribution >= 0.6 is 0 Å². The minimum absolute atomic E-state index is 0.329. The molecule has 0 bridgehead atoms. The number of likely N-dealkylation sites (N-methyl/N-ethyl adjacent to an activating group) is 1. The quantitative estimate of drug-likeness (QED) is 0.791. The standard InChI is InChI=1S/C17H30N2O/c1-13(2)19(11-12-20-6)15(4)17(18-5)16-9-7-14(3)8-10-16/h7-10,13,15,17-18H,11-12H2,1-6H3. The Hall–Kier alpha value is -0.900. The van der Waals surface area contributed by atoms with Crippen LogP contribution in [0.25, 0.3) is 0 Å². The van der Waals surface area contributed by atoms with Crippen LogP contribution in [0.1, 0.15) is 37.9 Å². The van der Waals surface area contributed by atoms with Gasteiger partial charge in [-0.25, -0.2) is 0 Å². The molecule has 2 unspecified atom stereocenters. The highest BCUT2D eigenvalue weighted by Crippen LogP contribution is 2.22. The van der Waals surface area contributed by atoms with Crippen molar-refractivity contribution in [3.05, 3.63) is 35.4 Å². The Labute approximate surface area is 124 Å². The minimum Gasteiger partial charge on any atom is -0.383 e. The molecule has 0 fully saturated rings. The van der Waals surface area contributed by atoms with Gasteiger partial charge in [-0.2, -0.15) is 0 Å². The molecule has 1 N–H and O–H groups in total. The van der Waals surface area contributed by atoms with Gasteiger partial charge in [0.05, 0.1) is 6.61 Å². The number of aryl methyl sites for hydroxylation is 1. The van der Waals surface area contributed by atoms with Crippen LogP contribution in [-0.4, -0.2) is 44.3 Å². The first-order valence-electron chi connectivity index (χ1n) is 7.49. The summed E-state index contributed by atoms with van der Waals surface area (Å²) in [6.45, 7) is 10.6. The van der Waals surface area contributed by atoms with Crippen molar-refractivity contribution < 1.29 is 4.74 Å². The lowest BCUT2D eigenvalue weighted by molar-refractivity contribution is 0.0864. The van der Waals surface area contributed by atoms with Crippen LogP contribution in [0.15, 0.2) is 24.3 Å². The van der Waals surface area contributed by atoms with Gasteiger partial charge in [0.25, 0.3) is 0 Å². The van der Waals surface area contributed by atoms with Crippen LogP contribution in [0.5, 0.6) is 0 Å². The Morgan fingerprint density at radius 2 is 1.75 bits per heavy atom. The molecule has 1 rings (SSSR count). The molecule has 114 valence electrons. The molecule has 0 aliphatic rings. The predicted molar refractivity (Wildman–Crippen MR) is 86.2 cm³/mol. The molecule has 0 spiro atoms. The number of ether oxygens (including phenoxy) is 1. The molecule has 1 aromatic rings. The molecule has 0 heterocycles. The van der Waals surface area contributed by atoms with E-state index in [0.717, 1.165) is 13.2 Å². The zero-order valence-electron chi connectivity index (χ0n) is 13.8. The molecule has 1 aromatic carbocycles. The molecule has 0 aliphatic carbocycles. The highest BCUT2D eigenvalue weighted by atomic mass is 16.5. The monoisotopic (exact) mass is 278 g/mol. The predicted octanol–water partition coefficient (Wildman–Crippen LogP) is 3.00. The molecule has 20 heavy (non-hydrogen) atoms. The molecule has 3 heteroatoms. The van der Waals surface area contributed by atoms with Gasteiger partial charge >= 0.3 is 0 Å². The van der Waals surface area contributed by atoms with Gasteiger partial charge in [-0.1, -0.05) is 29.8 Å². The van der Waals surface area contributed by atoms with Gasteiger partial charge in [-0.05, 0) is 40.3 Å². The molecule has 0 saturated heterocycles. The van der Waals surface area contributed by atoms with E-state index in [2.05, 4.69) is 62.2 Å². The Kier molecular flexibility index (Phi) is 7.20. The molecular weight excluding hydrogens is 248 g/mol. The average Bonchev–Trinajstić information content (AvgIpc) is 2.42. The smallest absolute Gasteiger partial charge is 0.0589 e.